The molecule has 4 heteroatoms. The van der Waals surface area contributed by atoms with E-state index >= 15 is 0 Å². The summed E-state index contributed by atoms with van der Waals surface area (Å²) in [7, 11) is 2.14. The Hall–Kier alpha value is -1.94. The molecule has 5 rings (SSSR count). The minimum atomic E-state index is -0.285. The molecular formula is C32H52N2O2. The van der Waals surface area contributed by atoms with E-state index in [1.54, 1.807) is 5.57 Å². The topological polar surface area (TPSA) is 49.4 Å². The summed E-state index contributed by atoms with van der Waals surface area (Å²) < 4.78 is 0. The maximum Gasteiger partial charge on any atom is 0.224 e. The van der Waals surface area contributed by atoms with Crippen molar-refractivity contribution in [2.75, 3.05) is 20.1 Å². The van der Waals surface area contributed by atoms with Gasteiger partial charge in [-0.3, -0.25) is 4.79 Å². The van der Waals surface area contributed by atoms with Gasteiger partial charge < -0.3 is 15.0 Å². The molecule has 2 saturated heterocycles. The van der Waals surface area contributed by atoms with Crippen molar-refractivity contribution >= 4 is 12.2 Å². The fourth-order valence-electron chi connectivity index (χ4n) is 4.79. The van der Waals surface area contributed by atoms with Crippen molar-refractivity contribution in [1.29, 1.82) is 0 Å². The van der Waals surface area contributed by atoms with Crippen molar-refractivity contribution in [3.05, 3.63) is 47.6 Å². The van der Waals surface area contributed by atoms with Crippen LogP contribution in [-0.4, -0.2) is 42.8 Å². The molecule has 5 aliphatic rings. The highest BCUT2D eigenvalue weighted by atomic mass is 16.2. The summed E-state index contributed by atoms with van der Waals surface area (Å²) in [5.74, 6) is 2.96. The molecule has 2 aliphatic heterocycles. The highest BCUT2D eigenvalue weighted by molar-refractivity contribution is 5.81. The lowest BCUT2D eigenvalue weighted by Crippen LogP contribution is -2.60. The number of hydrogen-bond acceptors (Lipinski definition) is 3. The molecule has 0 spiro atoms. The second kappa shape index (κ2) is 14.1. The van der Waals surface area contributed by atoms with Crippen molar-refractivity contribution in [1.82, 2.24) is 10.2 Å². The number of aldehydes is 1. The van der Waals surface area contributed by atoms with Crippen LogP contribution in [0.1, 0.15) is 86.5 Å². The number of nitrogens with one attached hydrogen (secondary N) is 1. The maximum absolute atomic E-state index is 12.3. The molecule has 2 heterocycles. The largest absolute Gasteiger partial charge is 0.347 e. The van der Waals surface area contributed by atoms with Crippen LogP contribution in [0.5, 0.6) is 0 Å². The Bertz CT molecular complexity index is 830. The van der Waals surface area contributed by atoms with Gasteiger partial charge in [-0.05, 0) is 97.9 Å². The molecule has 1 amide bonds. The molecule has 2 bridgehead atoms. The summed E-state index contributed by atoms with van der Waals surface area (Å²) in [5.41, 5.74) is 3.76. The Labute approximate surface area is 221 Å². The fourth-order valence-corrected chi connectivity index (χ4v) is 4.79. The van der Waals surface area contributed by atoms with E-state index in [4.69, 9.17) is 0 Å². The Morgan fingerprint density at radius 2 is 1.67 bits per heavy atom. The fraction of sp³-hybridized carbons (Fsp3) is 0.688. The molecule has 0 aromatic heterocycles. The predicted molar refractivity (Wildman–Crippen MR) is 153 cm³/mol. The molecule has 4 nitrogen and oxygen atoms in total. The van der Waals surface area contributed by atoms with Crippen LogP contribution in [0.15, 0.2) is 47.6 Å². The quantitative estimate of drug-likeness (QED) is 0.215. The van der Waals surface area contributed by atoms with E-state index in [9.17, 15) is 9.59 Å². The summed E-state index contributed by atoms with van der Waals surface area (Å²) in [6, 6.07) is 0. The van der Waals surface area contributed by atoms with E-state index in [2.05, 4.69) is 68.9 Å². The number of amides is 1. The summed E-state index contributed by atoms with van der Waals surface area (Å²) in [6.07, 6.45) is 18.6. The number of carbonyl (C=O) groups is 2. The SMILES string of the molecule is C=C(C)C(C)(C)NC(=O)C1C2CC1CN(C)C2.CCC\C=C/C=C\C(C)=C(\C)C1CC1.O=CC1CC1. The van der Waals surface area contributed by atoms with Gasteiger partial charge in [0.25, 0.3) is 0 Å². The molecule has 2 atom stereocenters. The summed E-state index contributed by atoms with van der Waals surface area (Å²) in [4.78, 5) is 24.2. The van der Waals surface area contributed by atoms with Gasteiger partial charge in [0, 0.05) is 24.9 Å². The smallest absolute Gasteiger partial charge is 0.224 e. The lowest BCUT2D eigenvalue weighted by atomic mass is 9.61. The highest BCUT2D eigenvalue weighted by Gasteiger charge is 2.50. The van der Waals surface area contributed by atoms with Gasteiger partial charge in [0.05, 0.1) is 5.54 Å². The Morgan fingerprint density at radius 3 is 2.11 bits per heavy atom. The first-order valence-corrected chi connectivity index (χ1v) is 14.1. The number of unbranched alkanes of at least 4 members (excludes halogenated alkanes) is 1. The zero-order chi connectivity index (χ0) is 26.9. The minimum Gasteiger partial charge on any atom is -0.347 e. The monoisotopic (exact) mass is 496 g/mol. The standard InChI is InChI=1S/C14H24N2O.C14H22.C4H6O/c1-9(2)14(3,4)15-13(17)12-10-6-11(12)8-16(5)7-10;1-4-5-6-7-8-9-12(2)13(3)14-10-11-14;5-3-4-1-2-4/h10-12H,1,6-8H2,2-5H3,(H,15,17);6-9,14H,4-5,10-11H2,1-3H3;3-4H,1-2H2/b;7-6-,9-8-,13-12-;. The number of rotatable bonds is 9. The molecule has 0 radical (unpaired) electrons. The van der Waals surface area contributed by atoms with Crippen molar-refractivity contribution < 1.29 is 9.59 Å². The zero-order valence-corrected chi connectivity index (χ0v) is 24.1. The Morgan fingerprint density at radius 1 is 1.06 bits per heavy atom. The second-order valence-corrected chi connectivity index (χ2v) is 12.1. The average Bonchev–Trinajstić information content (AvgIpc) is 3.71. The number of piperidine rings is 2. The van der Waals surface area contributed by atoms with Crippen LogP contribution in [0.3, 0.4) is 0 Å². The van der Waals surface area contributed by atoms with Crippen LogP contribution < -0.4 is 5.32 Å². The van der Waals surface area contributed by atoms with Crippen LogP contribution in [0.25, 0.3) is 0 Å². The van der Waals surface area contributed by atoms with Gasteiger partial charge in [-0.1, -0.05) is 60.9 Å². The maximum atomic E-state index is 12.3. The van der Waals surface area contributed by atoms with Gasteiger partial charge >= 0.3 is 0 Å². The lowest BCUT2D eigenvalue weighted by molar-refractivity contribution is -0.142. The molecule has 3 aliphatic carbocycles. The summed E-state index contributed by atoms with van der Waals surface area (Å²) in [6.45, 7) is 18.8. The van der Waals surface area contributed by atoms with Crippen LogP contribution in [0.2, 0.25) is 0 Å². The van der Waals surface area contributed by atoms with Gasteiger partial charge in [0.2, 0.25) is 5.91 Å². The van der Waals surface area contributed by atoms with Gasteiger partial charge in [-0.2, -0.15) is 0 Å². The number of carbonyl (C=O) groups excluding carboxylic acids is 2. The van der Waals surface area contributed by atoms with Crippen molar-refractivity contribution in [2.24, 2.45) is 29.6 Å². The van der Waals surface area contributed by atoms with Gasteiger partial charge in [0.15, 0.2) is 0 Å². The van der Waals surface area contributed by atoms with Crippen molar-refractivity contribution in [3.8, 4) is 0 Å². The van der Waals surface area contributed by atoms with Crippen molar-refractivity contribution in [2.45, 2.75) is 92.0 Å². The molecule has 1 N–H and O–H groups in total. The Balaban J connectivity index is 0.000000215. The third-order valence-corrected chi connectivity index (χ3v) is 8.19. The van der Waals surface area contributed by atoms with Crippen LogP contribution >= 0.6 is 0 Å². The van der Waals surface area contributed by atoms with Crippen molar-refractivity contribution in [3.63, 3.8) is 0 Å². The first-order valence-electron chi connectivity index (χ1n) is 14.1. The lowest BCUT2D eigenvalue weighted by Gasteiger charge is -2.52. The normalized spacial score (nSPS) is 26.1. The third kappa shape index (κ3) is 9.84. The molecule has 0 aromatic rings. The predicted octanol–water partition coefficient (Wildman–Crippen LogP) is 6.90. The van der Waals surface area contributed by atoms with E-state index < -0.39 is 0 Å². The van der Waals surface area contributed by atoms with Gasteiger partial charge in [0.1, 0.15) is 6.29 Å². The van der Waals surface area contributed by atoms with E-state index in [-0.39, 0.29) is 17.4 Å². The molecule has 2 unspecified atom stereocenters. The van der Waals surface area contributed by atoms with E-state index in [0.717, 1.165) is 43.7 Å². The number of hydrogen-bond donors (Lipinski definition) is 1. The van der Waals surface area contributed by atoms with E-state index in [1.807, 2.05) is 20.8 Å². The Kier molecular flexibility index (Phi) is 11.9. The summed E-state index contributed by atoms with van der Waals surface area (Å²) in [5, 5.41) is 3.14. The third-order valence-electron chi connectivity index (χ3n) is 8.19. The second-order valence-electron chi connectivity index (χ2n) is 12.1. The van der Waals surface area contributed by atoms with Gasteiger partial charge in [-0.25, -0.2) is 0 Å². The molecular weight excluding hydrogens is 444 g/mol. The number of fused-ring (bicyclic) bond motifs is 2. The van der Waals surface area contributed by atoms with Gasteiger partial charge in [-0.15, -0.1) is 0 Å². The molecule has 5 fully saturated rings. The highest BCUT2D eigenvalue weighted by Crippen LogP contribution is 2.45. The first kappa shape index (κ1) is 30.3. The summed E-state index contributed by atoms with van der Waals surface area (Å²) >= 11 is 0. The van der Waals surface area contributed by atoms with Crippen LogP contribution in [0, 0.1) is 29.6 Å². The molecule has 3 saturated carbocycles. The molecule has 0 aromatic carbocycles. The van der Waals surface area contributed by atoms with Crippen LogP contribution in [0.4, 0.5) is 0 Å². The molecule has 202 valence electrons. The average molecular weight is 497 g/mol. The minimum absolute atomic E-state index is 0.229. The van der Waals surface area contributed by atoms with E-state index in [1.165, 1.54) is 37.7 Å². The number of nitrogens with zero attached hydrogens (tertiary/aromatic N) is 1. The first-order chi connectivity index (χ1) is 17.0. The van der Waals surface area contributed by atoms with E-state index in [0.29, 0.717) is 17.8 Å². The molecule has 36 heavy (non-hydrogen) atoms. The number of allylic oxidation sites excluding steroid dienone is 6. The van der Waals surface area contributed by atoms with Crippen LogP contribution in [-0.2, 0) is 9.59 Å². The zero-order valence-electron chi connectivity index (χ0n) is 24.1.